The molecule has 3 heterocycles. The number of amides is 1. The summed E-state index contributed by atoms with van der Waals surface area (Å²) >= 11 is 0. The minimum Gasteiger partial charge on any atom is -0.497 e. The molecule has 0 saturated carbocycles. The molecule has 8 heteroatoms. The largest absolute Gasteiger partial charge is 0.497 e. The van der Waals surface area contributed by atoms with Crippen molar-refractivity contribution in [3.8, 4) is 22.7 Å². The molecule has 0 spiro atoms. The number of imidazole rings is 1. The average molecular weight is 508 g/mol. The van der Waals surface area contributed by atoms with Crippen molar-refractivity contribution in [1.82, 2.24) is 24.2 Å². The normalized spacial score (nSPS) is 14.2. The summed E-state index contributed by atoms with van der Waals surface area (Å²) in [5, 5.41) is 4.84. The second-order valence-electron chi connectivity index (χ2n) is 9.73. The first-order valence-electron chi connectivity index (χ1n) is 12.8. The Morgan fingerprint density at radius 1 is 0.974 bits per heavy atom. The number of aromatic amines is 1. The van der Waals surface area contributed by atoms with Crippen LogP contribution in [0.25, 0.3) is 28.0 Å². The molecule has 0 atom stereocenters. The van der Waals surface area contributed by atoms with Gasteiger partial charge in [0.05, 0.1) is 29.5 Å². The molecule has 0 aliphatic carbocycles. The molecule has 0 bridgehead atoms. The number of aryl methyl sites for hydroxylation is 1. The molecule has 1 saturated heterocycles. The summed E-state index contributed by atoms with van der Waals surface area (Å²) in [4.78, 5) is 31.4. The van der Waals surface area contributed by atoms with Crippen LogP contribution in [0.3, 0.4) is 0 Å². The quantitative estimate of drug-likeness (QED) is 0.364. The van der Waals surface area contributed by atoms with E-state index in [1.807, 2.05) is 95.3 Å². The summed E-state index contributed by atoms with van der Waals surface area (Å²) in [5.74, 6) is 0.659. The number of carbonyl (C=O) groups excluding carboxylic acids is 1. The average Bonchev–Trinajstić information content (AvgIpc) is 3.54. The third-order valence-corrected chi connectivity index (χ3v) is 7.31. The number of hydrogen-bond donors (Lipinski definition) is 1. The molecule has 38 heavy (non-hydrogen) atoms. The van der Waals surface area contributed by atoms with Crippen LogP contribution in [0.15, 0.2) is 83.7 Å². The van der Waals surface area contributed by atoms with Crippen LogP contribution in [-0.4, -0.2) is 50.3 Å². The number of piperidine rings is 1. The zero-order valence-corrected chi connectivity index (χ0v) is 21.4. The Labute approximate surface area is 220 Å². The highest BCUT2D eigenvalue weighted by Gasteiger charge is 2.29. The number of para-hydroxylation sites is 2. The fourth-order valence-corrected chi connectivity index (χ4v) is 5.27. The Kier molecular flexibility index (Phi) is 6.07. The van der Waals surface area contributed by atoms with Gasteiger partial charge in [0.15, 0.2) is 0 Å². The van der Waals surface area contributed by atoms with Crippen LogP contribution in [0, 0.1) is 6.92 Å². The van der Waals surface area contributed by atoms with Gasteiger partial charge in [0, 0.05) is 24.7 Å². The van der Waals surface area contributed by atoms with Gasteiger partial charge < -0.3 is 14.6 Å². The van der Waals surface area contributed by atoms with Crippen LogP contribution in [0.4, 0.5) is 0 Å². The predicted molar refractivity (Wildman–Crippen MR) is 147 cm³/mol. The molecule has 1 fully saturated rings. The number of hydrogen-bond acceptors (Lipinski definition) is 4. The number of nitrogens with zero attached hydrogens (tertiary/aromatic N) is 4. The van der Waals surface area contributed by atoms with Gasteiger partial charge in [-0.05, 0) is 62.2 Å². The van der Waals surface area contributed by atoms with Crippen molar-refractivity contribution in [1.29, 1.82) is 0 Å². The highest BCUT2D eigenvalue weighted by Crippen LogP contribution is 2.29. The Morgan fingerprint density at radius 2 is 1.74 bits per heavy atom. The van der Waals surface area contributed by atoms with E-state index in [9.17, 15) is 9.59 Å². The number of nitrogens with one attached hydrogen (secondary N) is 1. The van der Waals surface area contributed by atoms with Crippen molar-refractivity contribution in [3.63, 3.8) is 0 Å². The lowest BCUT2D eigenvalue weighted by atomic mass is 10.0. The van der Waals surface area contributed by atoms with Gasteiger partial charge >= 0.3 is 5.69 Å². The molecule has 0 unspecified atom stereocenters. The number of methoxy groups -OCH3 is 1. The molecule has 5 aromatic rings. The lowest BCUT2D eigenvalue weighted by molar-refractivity contribution is 0.0685. The first-order chi connectivity index (χ1) is 18.5. The Hall–Kier alpha value is -4.59. The van der Waals surface area contributed by atoms with Gasteiger partial charge in [-0.1, -0.05) is 42.0 Å². The zero-order chi connectivity index (χ0) is 26.2. The van der Waals surface area contributed by atoms with E-state index >= 15 is 0 Å². The van der Waals surface area contributed by atoms with Crippen LogP contribution >= 0.6 is 0 Å². The minimum absolute atomic E-state index is 0.0389. The summed E-state index contributed by atoms with van der Waals surface area (Å²) in [6, 6.07) is 25.3. The molecule has 1 aliphatic heterocycles. The summed E-state index contributed by atoms with van der Waals surface area (Å²) < 4.78 is 8.96. The van der Waals surface area contributed by atoms with E-state index in [2.05, 4.69) is 4.98 Å². The van der Waals surface area contributed by atoms with Crippen molar-refractivity contribution in [2.24, 2.45) is 0 Å². The van der Waals surface area contributed by atoms with Crippen LogP contribution < -0.4 is 10.4 Å². The molecule has 1 aliphatic rings. The van der Waals surface area contributed by atoms with E-state index in [0.717, 1.165) is 33.6 Å². The molecule has 8 nitrogen and oxygen atoms in total. The van der Waals surface area contributed by atoms with Crippen LogP contribution in [0.2, 0.25) is 0 Å². The van der Waals surface area contributed by atoms with E-state index in [1.165, 1.54) is 0 Å². The third kappa shape index (κ3) is 4.28. The number of carbonyl (C=O) groups is 1. The molecule has 192 valence electrons. The first kappa shape index (κ1) is 23.8. The molecule has 3 aromatic carbocycles. The molecule has 6 rings (SSSR count). The van der Waals surface area contributed by atoms with Gasteiger partial charge in [0.2, 0.25) is 0 Å². The molecular weight excluding hydrogens is 478 g/mol. The lowest BCUT2D eigenvalue weighted by Gasteiger charge is -2.32. The summed E-state index contributed by atoms with van der Waals surface area (Å²) in [6.45, 7) is 3.15. The Bertz CT molecular complexity index is 1670. The van der Waals surface area contributed by atoms with E-state index < -0.39 is 0 Å². The summed E-state index contributed by atoms with van der Waals surface area (Å²) in [6.07, 6.45) is 1.41. The minimum atomic E-state index is -0.101. The number of benzene rings is 3. The highest BCUT2D eigenvalue weighted by atomic mass is 16.5. The van der Waals surface area contributed by atoms with E-state index in [-0.39, 0.29) is 17.6 Å². The van der Waals surface area contributed by atoms with Crippen LogP contribution in [0.5, 0.6) is 5.75 Å². The molecule has 0 radical (unpaired) electrons. The number of rotatable bonds is 5. The van der Waals surface area contributed by atoms with Gasteiger partial charge in [0.1, 0.15) is 11.4 Å². The first-order valence-corrected chi connectivity index (χ1v) is 12.8. The molecule has 1 N–H and O–H groups in total. The summed E-state index contributed by atoms with van der Waals surface area (Å²) in [5.41, 5.74) is 5.69. The topological polar surface area (TPSA) is 85.1 Å². The maximum Gasteiger partial charge on any atom is 0.326 e. The molecule has 1 amide bonds. The second kappa shape index (κ2) is 9.70. The van der Waals surface area contributed by atoms with Crippen LogP contribution in [-0.2, 0) is 0 Å². The zero-order valence-electron chi connectivity index (χ0n) is 21.4. The number of ether oxygens (including phenoxy) is 1. The van der Waals surface area contributed by atoms with E-state index in [0.29, 0.717) is 37.3 Å². The van der Waals surface area contributed by atoms with Gasteiger partial charge in [-0.15, -0.1) is 0 Å². The van der Waals surface area contributed by atoms with Crippen molar-refractivity contribution >= 4 is 16.9 Å². The van der Waals surface area contributed by atoms with Gasteiger partial charge in [0.25, 0.3) is 5.91 Å². The lowest BCUT2D eigenvalue weighted by Crippen LogP contribution is -2.41. The third-order valence-electron chi connectivity index (χ3n) is 7.31. The Morgan fingerprint density at radius 3 is 2.50 bits per heavy atom. The van der Waals surface area contributed by atoms with Gasteiger partial charge in [-0.2, -0.15) is 5.10 Å². The fourth-order valence-electron chi connectivity index (χ4n) is 5.27. The van der Waals surface area contributed by atoms with E-state index in [4.69, 9.17) is 9.84 Å². The van der Waals surface area contributed by atoms with Crippen LogP contribution in [0.1, 0.15) is 34.9 Å². The second-order valence-corrected chi connectivity index (χ2v) is 9.73. The smallest absolute Gasteiger partial charge is 0.326 e. The SMILES string of the molecule is COc1cccc(-c2cc(C(=O)N3CCC(n4c(=O)[nH]c5ccccc54)CC3)n(-c3ccc(C)cc3)n2)c1. The van der Waals surface area contributed by atoms with Crippen molar-refractivity contribution in [2.45, 2.75) is 25.8 Å². The maximum atomic E-state index is 13.9. The number of aromatic nitrogens is 4. The fraction of sp³-hybridized carbons (Fsp3) is 0.233. The van der Waals surface area contributed by atoms with Gasteiger partial charge in [-0.25, -0.2) is 9.48 Å². The van der Waals surface area contributed by atoms with Crippen molar-refractivity contribution in [3.05, 3.63) is 101 Å². The number of H-pyrrole nitrogens is 1. The maximum absolute atomic E-state index is 13.9. The molecular formula is C30H29N5O3. The molecule has 2 aromatic heterocycles. The van der Waals surface area contributed by atoms with Crippen molar-refractivity contribution < 1.29 is 9.53 Å². The highest BCUT2D eigenvalue weighted by molar-refractivity contribution is 5.94. The standard InChI is InChI=1S/C30H29N5O3/c1-20-10-12-23(13-11-20)35-28(19-26(32-35)21-6-5-7-24(18-21)38-2)29(36)33-16-14-22(15-17-33)34-27-9-4-3-8-25(27)31-30(34)37/h3-13,18-19,22H,14-17H2,1-2H3,(H,31,37). The number of fused-ring (bicyclic) bond motifs is 1. The predicted octanol–water partition coefficient (Wildman–Crippen LogP) is 4.98. The van der Waals surface area contributed by atoms with E-state index in [1.54, 1.807) is 11.8 Å². The number of likely N-dealkylation sites (tertiary alicyclic amines) is 1. The summed E-state index contributed by atoms with van der Waals surface area (Å²) in [7, 11) is 1.63. The van der Waals surface area contributed by atoms with Gasteiger partial charge in [-0.3, -0.25) is 9.36 Å². The Balaban J connectivity index is 1.30. The van der Waals surface area contributed by atoms with Crippen molar-refractivity contribution in [2.75, 3.05) is 20.2 Å². The monoisotopic (exact) mass is 507 g/mol.